The van der Waals surface area contributed by atoms with Crippen molar-refractivity contribution >= 4 is 17.4 Å². The maximum atomic E-state index is 12.2. The number of hydrogen-bond donors (Lipinski definition) is 3. The van der Waals surface area contributed by atoms with Gasteiger partial charge < -0.3 is 25.1 Å². The van der Waals surface area contributed by atoms with Gasteiger partial charge in [-0.15, -0.1) is 0 Å². The Hall–Kier alpha value is -3.22. The third kappa shape index (κ3) is 3.88. The second-order valence-corrected chi connectivity index (χ2v) is 7.33. The first-order chi connectivity index (χ1) is 13.3. The van der Waals surface area contributed by atoms with Crippen LogP contribution in [0.2, 0.25) is 0 Å². The molecule has 0 spiro atoms. The molecule has 0 unspecified atom stereocenters. The molecule has 1 aromatic heterocycles. The van der Waals surface area contributed by atoms with Gasteiger partial charge in [0.25, 0.3) is 5.91 Å². The molecule has 0 aliphatic heterocycles. The molecule has 1 aliphatic carbocycles. The average Bonchev–Trinajstić information content (AvgIpc) is 3.12. The molecule has 28 heavy (non-hydrogen) atoms. The minimum Gasteiger partial charge on any atom is -0.505 e. The number of phenolic OH excluding ortho intramolecular Hbond substituents is 1. The van der Waals surface area contributed by atoms with Gasteiger partial charge in [0, 0.05) is 19.8 Å². The van der Waals surface area contributed by atoms with Crippen molar-refractivity contribution in [1.82, 2.24) is 10.2 Å². The van der Waals surface area contributed by atoms with Crippen LogP contribution in [0.1, 0.15) is 47.9 Å². The highest BCUT2D eigenvalue weighted by Crippen LogP contribution is 2.32. The lowest BCUT2D eigenvalue weighted by atomic mass is 9.98. The van der Waals surface area contributed by atoms with E-state index in [1.807, 2.05) is 6.07 Å². The van der Waals surface area contributed by atoms with E-state index >= 15 is 0 Å². The number of amides is 1. The van der Waals surface area contributed by atoms with Gasteiger partial charge >= 0.3 is 0 Å². The summed E-state index contributed by atoms with van der Waals surface area (Å²) in [6.07, 6.45) is 2.03. The molecule has 3 N–H and O–H groups in total. The zero-order valence-corrected chi connectivity index (χ0v) is 16.5. The molecule has 1 amide bonds. The third-order valence-electron chi connectivity index (χ3n) is 4.67. The van der Waals surface area contributed by atoms with Gasteiger partial charge in [0.2, 0.25) is 0 Å². The molecule has 7 nitrogen and oxygen atoms in total. The number of para-hydroxylation sites is 1. The van der Waals surface area contributed by atoms with Crippen LogP contribution in [0.3, 0.4) is 0 Å². The van der Waals surface area contributed by atoms with Crippen molar-refractivity contribution < 1.29 is 19.1 Å². The van der Waals surface area contributed by atoms with Crippen LogP contribution in [0.25, 0.3) is 0 Å². The number of nitrogens with zero attached hydrogens (tertiary/aromatic N) is 1. The van der Waals surface area contributed by atoms with Gasteiger partial charge in [0.15, 0.2) is 11.5 Å². The summed E-state index contributed by atoms with van der Waals surface area (Å²) in [6.45, 7) is 4.66. The van der Waals surface area contributed by atoms with Gasteiger partial charge in [-0.2, -0.15) is 0 Å². The predicted molar refractivity (Wildman–Crippen MR) is 106 cm³/mol. The zero-order chi connectivity index (χ0) is 20.4. The molecule has 3 rings (SSSR count). The molecular weight excluding hydrogens is 358 g/mol. The number of allylic oxidation sites excluding steroid dienone is 2. The summed E-state index contributed by atoms with van der Waals surface area (Å²) in [5.41, 5.74) is 2.75. The Bertz CT molecular complexity index is 941. The first kappa shape index (κ1) is 19.5. The smallest absolute Gasteiger partial charge is 0.257 e. The molecular formula is C21H25N3O4. The standard InChI is InChI=1S/C21H25N3O4/c1-12(2)13-8-14(28-11-13)10-22-17-9-18(25)19(17)23-16-7-5-6-15(20(16)26)21(27)24(3)4/h5-8,11-12,22-23,26H,9-10H2,1-4H3. The number of carbonyl (C=O) groups excluding carboxylic acids is 2. The molecule has 0 atom stereocenters. The van der Waals surface area contributed by atoms with E-state index in [0.29, 0.717) is 23.8 Å². The number of carbonyl (C=O) groups is 2. The Morgan fingerprint density at radius 3 is 2.68 bits per heavy atom. The van der Waals surface area contributed by atoms with Crippen molar-refractivity contribution in [3.8, 4) is 5.75 Å². The molecule has 0 radical (unpaired) electrons. The van der Waals surface area contributed by atoms with Gasteiger partial charge in [-0.25, -0.2) is 0 Å². The van der Waals surface area contributed by atoms with E-state index in [1.165, 1.54) is 4.90 Å². The van der Waals surface area contributed by atoms with E-state index < -0.39 is 0 Å². The lowest BCUT2D eigenvalue weighted by Crippen LogP contribution is -2.32. The highest BCUT2D eigenvalue weighted by Gasteiger charge is 2.28. The van der Waals surface area contributed by atoms with Crippen molar-refractivity contribution in [2.75, 3.05) is 19.4 Å². The molecule has 1 heterocycles. The summed E-state index contributed by atoms with van der Waals surface area (Å²) in [7, 11) is 3.22. The maximum absolute atomic E-state index is 12.2. The van der Waals surface area contributed by atoms with Crippen LogP contribution in [0, 0.1) is 0 Å². The number of hydrogen-bond acceptors (Lipinski definition) is 6. The molecule has 148 valence electrons. The van der Waals surface area contributed by atoms with Crippen LogP contribution in [0.5, 0.6) is 5.75 Å². The number of nitrogens with one attached hydrogen (secondary N) is 2. The topological polar surface area (TPSA) is 94.8 Å². The summed E-state index contributed by atoms with van der Waals surface area (Å²) in [5.74, 6) is 0.622. The van der Waals surface area contributed by atoms with Gasteiger partial charge in [-0.05, 0) is 29.7 Å². The van der Waals surface area contributed by atoms with E-state index in [2.05, 4.69) is 24.5 Å². The van der Waals surface area contributed by atoms with E-state index in [1.54, 1.807) is 38.6 Å². The first-order valence-corrected chi connectivity index (χ1v) is 9.16. The van der Waals surface area contributed by atoms with Crippen molar-refractivity contribution in [2.45, 2.75) is 32.7 Å². The molecule has 7 heteroatoms. The van der Waals surface area contributed by atoms with Crippen LogP contribution in [0.4, 0.5) is 5.69 Å². The van der Waals surface area contributed by atoms with Crippen molar-refractivity contribution in [3.63, 3.8) is 0 Å². The van der Waals surface area contributed by atoms with Crippen LogP contribution in [-0.4, -0.2) is 35.8 Å². The summed E-state index contributed by atoms with van der Waals surface area (Å²) < 4.78 is 5.54. The SMILES string of the molecule is CC(C)c1coc(CNC2=C(Nc3cccc(C(=O)N(C)C)c3O)C(=O)C2)c1. The number of benzene rings is 1. The second kappa shape index (κ2) is 7.80. The highest BCUT2D eigenvalue weighted by atomic mass is 16.3. The minimum absolute atomic E-state index is 0.0615. The lowest BCUT2D eigenvalue weighted by Gasteiger charge is -2.25. The van der Waals surface area contributed by atoms with E-state index in [9.17, 15) is 14.7 Å². The Morgan fingerprint density at radius 2 is 2.07 bits per heavy atom. The van der Waals surface area contributed by atoms with Gasteiger partial charge in [-0.3, -0.25) is 9.59 Å². The van der Waals surface area contributed by atoms with Crippen LogP contribution in [0.15, 0.2) is 46.3 Å². The Kier molecular flexibility index (Phi) is 5.44. The highest BCUT2D eigenvalue weighted by molar-refractivity contribution is 6.07. The fourth-order valence-electron chi connectivity index (χ4n) is 2.87. The second-order valence-electron chi connectivity index (χ2n) is 7.33. The molecule has 1 aliphatic rings. The molecule has 1 aromatic carbocycles. The number of furan rings is 1. The van der Waals surface area contributed by atoms with Crippen LogP contribution >= 0.6 is 0 Å². The molecule has 0 bridgehead atoms. The third-order valence-corrected chi connectivity index (χ3v) is 4.67. The van der Waals surface area contributed by atoms with Gasteiger partial charge in [0.1, 0.15) is 11.5 Å². The minimum atomic E-state index is -0.313. The average molecular weight is 383 g/mol. The van der Waals surface area contributed by atoms with Crippen molar-refractivity contribution in [3.05, 3.63) is 58.8 Å². The van der Waals surface area contributed by atoms with Gasteiger partial charge in [0.05, 0.1) is 30.5 Å². The molecule has 0 fully saturated rings. The molecule has 2 aromatic rings. The number of aromatic hydroxyl groups is 1. The number of anilines is 1. The Morgan fingerprint density at radius 1 is 1.32 bits per heavy atom. The number of ketones is 1. The fraction of sp³-hybridized carbons (Fsp3) is 0.333. The van der Waals surface area contributed by atoms with Gasteiger partial charge in [-0.1, -0.05) is 19.9 Å². The normalized spacial score (nSPS) is 13.5. The zero-order valence-electron chi connectivity index (χ0n) is 16.5. The van der Waals surface area contributed by atoms with Crippen molar-refractivity contribution in [1.29, 1.82) is 0 Å². The van der Waals surface area contributed by atoms with E-state index in [-0.39, 0.29) is 29.4 Å². The summed E-state index contributed by atoms with van der Waals surface area (Å²) in [5, 5.41) is 16.6. The van der Waals surface area contributed by atoms with Crippen LogP contribution < -0.4 is 10.6 Å². The quantitative estimate of drug-likeness (QED) is 0.636. The molecule has 0 saturated carbocycles. The monoisotopic (exact) mass is 383 g/mol. The first-order valence-electron chi connectivity index (χ1n) is 9.16. The summed E-state index contributed by atoms with van der Waals surface area (Å²) in [6, 6.07) is 6.82. The predicted octanol–water partition coefficient (Wildman–Crippen LogP) is 3.20. The summed E-state index contributed by atoms with van der Waals surface area (Å²) in [4.78, 5) is 25.6. The Balaban J connectivity index is 1.74. The van der Waals surface area contributed by atoms with E-state index in [4.69, 9.17) is 4.42 Å². The fourth-order valence-corrected chi connectivity index (χ4v) is 2.87. The largest absolute Gasteiger partial charge is 0.505 e. The number of phenols is 1. The molecule has 0 saturated heterocycles. The van der Waals surface area contributed by atoms with Crippen LogP contribution in [-0.2, 0) is 11.3 Å². The van der Waals surface area contributed by atoms with Crippen molar-refractivity contribution in [2.24, 2.45) is 0 Å². The number of Topliss-reactive ketones (excluding diaryl/α,β-unsaturated/α-hetero) is 1. The lowest BCUT2D eigenvalue weighted by molar-refractivity contribution is -0.116. The van der Waals surface area contributed by atoms with E-state index in [0.717, 1.165) is 17.0 Å². The Labute approximate surface area is 164 Å². The summed E-state index contributed by atoms with van der Waals surface area (Å²) >= 11 is 0. The maximum Gasteiger partial charge on any atom is 0.257 e. The number of rotatable bonds is 7.